The van der Waals surface area contributed by atoms with E-state index in [1.165, 1.54) is 16.3 Å². The highest BCUT2D eigenvalue weighted by molar-refractivity contribution is 7.98. The largest absolute Gasteiger partial charge is 0.497 e. The van der Waals surface area contributed by atoms with Crippen molar-refractivity contribution >= 4 is 11.8 Å². The summed E-state index contributed by atoms with van der Waals surface area (Å²) in [6.07, 6.45) is 1.87. The number of thioether (sulfide) groups is 1. The molecule has 2 aromatic rings. The molecule has 1 N–H and O–H groups in total. The van der Waals surface area contributed by atoms with Gasteiger partial charge in [-0.3, -0.25) is 0 Å². The van der Waals surface area contributed by atoms with Gasteiger partial charge in [-0.15, -0.1) is 5.10 Å². The maximum atomic E-state index is 11.6. The first kappa shape index (κ1) is 10.8. The van der Waals surface area contributed by atoms with E-state index in [1.807, 2.05) is 18.4 Å². The molecule has 0 atom stereocenters. The van der Waals surface area contributed by atoms with E-state index in [0.29, 0.717) is 5.16 Å². The third-order valence-corrected chi connectivity index (χ3v) is 2.79. The number of aromatic nitrogens is 3. The van der Waals surface area contributed by atoms with Crippen LogP contribution in [0.5, 0.6) is 5.75 Å². The molecule has 84 valence electrons. The summed E-state index contributed by atoms with van der Waals surface area (Å²) < 4.78 is 6.58. The van der Waals surface area contributed by atoms with Gasteiger partial charge in [-0.2, -0.15) is 0 Å². The number of nitrogens with one attached hydrogen (secondary N) is 1. The first-order valence-electron chi connectivity index (χ1n) is 4.62. The van der Waals surface area contributed by atoms with Crippen LogP contribution in [0.1, 0.15) is 0 Å². The number of aromatic amines is 1. The van der Waals surface area contributed by atoms with Gasteiger partial charge >= 0.3 is 5.69 Å². The number of H-pyrrole nitrogens is 1. The number of benzene rings is 1. The summed E-state index contributed by atoms with van der Waals surface area (Å²) in [5.74, 6) is 0.756. The monoisotopic (exact) mass is 237 g/mol. The van der Waals surface area contributed by atoms with Crippen LogP contribution in [0.15, 0.2) is 34.2 Å². The zero-order valence-corrected chi connectivity index (χ0v) is 9.75. The van der Waals surface area contributed by atoms with Gasteiger partial charge in [0.25, 0.3) is 0 Å². The van der Waals surface area contributed by atoms with Crippen LogP contribution in [0.3, 0.4) is 0 Å². The molecule has 0 amide bonds. The Balaban J connectivity index is 2.49. The molecular weight excluding hydrogens is 226 g/mol. The average Bonchev–Trinajstić information content (AvgIpc) is 2.70. The second-order valence-corrected chi connectivity index (χ2v) is 3.82. The Bertz CT molecular complexity index is 530. The number of methoxy groups -OCH3 is 1. The maximum absolute atomic E-state index is 11.6. The maximum Gasteiger partial charge on any atom is 0.348 e. The molecule has 1 aromatic heterocycles. The second-order valence-electron chi connectivity index (χ2n) is 3.05. The molecule has 0 fully saturated rings. The summed E-state index contributed by atoms with van der Waals surface area (Å²) in [5, 5.41) is 6.97. The molecule has 0 radical (unpaired) electrons. The fourth-order valence-corrected chi connectivity index (χ4v) is 1.89. The lowest BCUT2D eigenvalue weighted by molar-refractivity contribution is 0.414. The fraction of sp³-hybridized carbons (Fsp3) is 0.200. The van der Waals surface area contributed by atoms with Crippen molar-refractivity contribution in [3.63, 3.8) is 0 Å². The van der Waals surface area contributed by atoms with E-state index in [9.17, 15) is 4.79 Å². The van der Waals surface area contributed by atoms with Crippen molar-refractivity contribution < 1.29 is 4.74 Å². The Hall–Kier alpha value is -1.69. The summed E-state index contributed by atoms with van der Waals surface area (Å²) in [7, 11) is 1.60. The molecule has 1 aromatic carbocycles. The van der Waals surface area contributed by atoms with Gasteiger partial charge in [0.05, 0.1) is 12.8 Å². The molecule has 0 unspecified atom stereocenters. The summed E-state index contributed by atoms with van der Waals surface area (Å²) in [6.45, 7) is 0. The van der Waals surface area contributed by atoms with Crippen molar-refractivity contribution in [3.8, 4) is 11.4 Å². The van der Waals surface area contributed by atoms with Gasteiger partial charge in [-0.05, 0) is 30.5 Å². The second kappa shape index (κ2) is 4.44. The number of ether oxygens (including phenoxy) is 1. The molecule has 0 aliphatic heterocycles. The summed E-state index contributed by atoms with van der Waals surface area (Å²) >= 11 is 1.41. The molecule has 0 saturated heterocycles. The molecule has 6 heteroatoms. The SMILES string of the molecule is COc1ccc(-n2c(SC)n[nH]c2=O)cc1. The molecule has 16 heavy (non-hydrogen) atoms. The van der Waals surface area contributed by atoms with Crippen LogP contribution in [-0.2, 0) is 0 Å². The third-order valence-electron chi connectivity index (χ3n) is 2.15. The Labute approximate surface area is 96.4 Å². The minimum atomic E-state index is -0.241. The van der Waals surface area contributed by atoms with E-state index in [1.54, 1.807) is 19.2 Å². The van der Waals surface area contributed by atoms with Gasteiger partial charge in [-0.1, -0.05) is 11.8 Å². The molecule has 5 nitrogen and oxygen atoms in total. The van der Waals surface area contributed by atoms with Crippen LogP contribution in [0, 0.1) is 0 Å². The third kappa shape index (κ3) is 1.83. The molecule has 0 spiro atoms. The zero-order valence-electron chi connectivity index (χ0n) is 8.93. The Morgan fingerprint density at radius 3 is 2.62 bits per heavy atom. The number of hydrogen-bond acceptors (Lipinski definition) is 4. The van der Waals surface area contributed by atoms with Crippen LogP contribution in [-0.4, -0.2) is 28.1 Å². The first-order chi connectivity index (χ1) is 7.76. The average molecular weight is 237 g/mol. The van der Waals surface area contributed by atoms with Gasteiger partial charge in [0.1, 0.15) is 5.75 Å². The van der Waals surface area contributed by atoms with Crippen molar-refractivity contribution in [1.29, 1.82) is 0 Å². The quantitative estimate of drug-likeness (QED) is 0.817. The minimum absolute atomic E-state index is 0.241. The molecule has 0 aliphatic rings. The van der Waals surface area contributed by atoms with Crippen LogP contribution >= 0.6 is 11.8 Å². The Kier molecular flexibility index (Phi) is 3.00. The Morgan fingerprint density at radius 2 is 2.06 bits per heavy atom. The summed E-state index contributed by atoms with van der Waals surface area (Å²) in [4.78, 5) is 11.6. The van der Waals surface area contributed by atoms with E-state index in [-0.39, 0.29) is 5.69 Å². The first-order valence-corrected chi connectivity index (χ1v) is 5.84. The van der Waals surface area contributed by atoms with E-state index < -0.39 is 0 Å². The molecule has 0 aliphatic carbocycles. The molecule has 0 saturated carbocycles. The summed E-state index contributed by atoms with van der Waals surface area (Å²) in [6, 6.07) is 7.24. The highest BCUT2D eigenvalue weighted by atomic mass is 32.2. The standard InChI is InChI=1S/C10H11N3O2S/c1-15-8-5-3-7(4-6-8)13-9(14)11-12-10(13)16-2/h3-6H,1-2H3,(H,11,14). The number of hydrogen-bond donors (Lipinski definition) is 1. The lowest BCUT2D eigenvalue weighted by atomic mass is 10.3. The molecule has 1 heterocycles. The molecule has 0 bridgehead atoms. The zero-order chi connectivity index (χ0) is 11.5. The minimum Gasteiger partial charge on any atom is -0.497 e. The highest BCUT2D eigenvalue weighted by Crippen LogP contribution is 2.17. The van der Waals surface area contributed by atoms with Crippen molar-refractivity contribution in [2.75, 3.05) is 13.4 Å². The lowest BCUT2D eigenvalue weighted by Gasteiger charge is -2.04. The number of rotatable bonds is 3. The van der Waals surface area contributed by atoms with Crippen LogP contribution in [0.2, 0.25) is 0 Å². The van der Waals surface area contributed by atoms with Gasteiger partial charge in [0.15, 0.2) is 5.16 Å². The van der Waals surface area contributed by atoms with Crippen LogP contribution in [0.25, 0.3) is 5.69 Å². The van der Waals surface area contributed by atoms with Gasteiger partial charge in [0.2, 0.25) is 0 Å². The van der Waals surface area contributed by atoms with Crippen molar-refractivity contribution in [3.05, 3.63) is 34.7 Å². The van der Waals surface area contributed by atoms with Gasteiger partial charge in [-0.25, -0.2) is 14.5 Å². The van der Waals surface area contributed by atoms with Crippen LogP contribution in [0.4, 0.5) is 0 Å². The van der Waals surface area contributed by atoms with E-state index >= 15 is 0 Å². The predicted octanol–water partition coefficient (Wildman–Crippen LogP) is 1.29. The normalized spacial score (nSPS) is 10.4. The smallest absolute Gasteiger partial charge is 0.348 e. The van der Waals surface area contributed by atoms with Crippen molar-refractivity contribution in [2.24, 2.45) is 0 Å². The van der Waals surface area contributed by atoms with Crippen molar-refractivity contribution in [1.82, 2.24) is 14.8 Å². The van der Waals surface area contributed by atoms with Crippen LogP contribution < -0.4 is 10.4 Å². The Morgan fingerprint density at radius 1 is 1.38 bits per heavy atom. The fourth-order valence-electron chi connectivity index (χ4n) is 1.38. The lowest BCUT2D eigenvalue weighted by Crippen LogP contribution is -2.15. The van der Waals surface area contributed by atoms with E-state index in [2.05, 4.69) is 10.2 Å². The van der Waals surface area contributed by atoms with E-state index in [0.717, 1.165) is 11.4 Å². The van der Waals surface area contributed by atoms with E-state index in [4.69, 9.17) is 4.74 Å². The molecular formula is C10H11N3O2S. The van der Waals surface area contributed by atoms with Gasteiger partial charge < -0.3 is 4.74 Å². The summed E-state index contributed by atoms with van der Waals surface area (Å²) in [5.41, 5.74) is 0.526. The highest BCUT2D eigenvalue weighted by Gasteiger charge is 2.08. The predicted molar refractivity (Wildman–Crippen MR) is 62.5 cm³/mol. The number of nitrogens with zero attached hydrogens (tertiary/aromatic N) is 2. The topological polar surface area (TPSA) is 59.9 Å². The molecule has 2 rings (SSSR count). The van der Waals surface area contributed by atoms with Gasteiger partial charge in [0, 0.05) is 0 Å². The van der Waals surface area contributed by atoms with Crippen molar-refractivity contribution in [2.45, 2.75) is 5.16 Å².